The number of rotatable bonds is 3. The van der Waals surface area contributed by atoms with E-state index in [2.05, 4.69) is 21.2 Å². The Kier molecular flexibility index (Phi) is 4.40. The van der Waals surface area contributed by atoms with Crippen LogP contribution in [0.3, 0.4) is 0 Å². The van der Waals surface area contributed by atoms with Crippen molar-refractivity contribution in [1.82, 2.24) is 0 Å². The first-order chi connectivity index (χ1) is 9.92. The van der Waals surface area contributed by atoms with E-state index in [9.17, 15) is 14.5 Å². The SMILES string of the molecule is N#Cc1ccc(Nc2c(Cl)cc(F)cc2Br)cc1[N+](=O)[O-]. The van der Waals surface area contributed by atoms with E-state index in [1.54, 1.807) is 6.07 Å². The van der Waals surface area contributed by atoms with Crippen molar-refractivity contribution in [2.45, 2.75) is 0 Å². The zero-order valence-corrected chi connectivity index (χ0v) is 12.6. The van der Waals surface area contributed by atoms with Crippen molar-refractivity contribution in [3.63, 3.8) is 0 Å². The smallest absolute Gasteiger partial charge is 0.289 e. The average molecular weight is 371 g/mol. The van der Waals surface area contributed by atoms with Gasteiger partial charge in [0.25, 0.3) is 5.69 Å². The van der Waals surface area contributed by atoms with E-state index >= 15 is 0 Å². The molecule has 0 aliphatic heterocycles. The Balaban J connectivity index is 2.44. The van der Waals surface area contributed by atoms with Crippen molar-refractivity contribution in [1.29, 1.82) is 5.26 Å². The maximum Gasteiger partial charge on any atom is 0.289 e. The van der Waals surface area contributed by atoms with Gasteiger partial charge in [-0.15, -0.1) is 0 Å². The molecule has 2 aromatic carbocycles. The minimum atomic E-state index is -0.648. The van der Waals surface area contributed by atoms with E-state index in [-0.39, 0.29) is 16.3 Å². The number of hydrogen-bond donors (Lipinski definition) is 1. The Morgan fingerprint density at radius 2 is 2.10 bits per heavy atom. The van der Waals surface area contributed by atoms with Crippen LogP contribution in [-0.2, 0) is 0 Å². The summed E-state index contributed by atoms with van der Waals surface area (Å²) in [6.07, 6.45) is 0. The van der Waals surface area contributed by atoms with Crippen LogP contribution in [0.4, 0.5) is 21.5 Å². The monoisotopic (exact) mass is 369 g/mol. The Labute approximate surface area is 132 Å². The number of anilines is 2. The van der Waals surface area contributed by atoms with E-state index in [1.807, 2.05) is 0 Å². The molecule has 21 heavy (non-hydrogen) atoms. The maximum absolute atomic E-state index is 13.1. The Bertz CT molecular complexity index is 753. The fourth-order valence-electron chi connectivity index (χ4n) is 1.66. The van der Waals surface area contributed by atoms with Crippen LogP contribution in [0.1, 0.15) is 5.56 Å². The topological polar surface area (TPSA) is 79.0 Å². The zero-order chi connectivity index (χ0) is 15.6. The third-order valence-corrected chi connectivity index (χ3v) is 3.51. The van der Waals surface area contributed by atoms with Crippen molar-refractivity contribution in [3.05, 3.63) is 61.3 Å². The largest absolute Gasteiger partial charge is 0.353 e. The van der Waals surface area contributed by atoms with Crippen LogP contribution in [0, 0.1) is 27.3 Å². The summed E-state index contributed by atoms with van der Waals surface area (Å²) >= 11 is 9.08. The summed E-state index contributed by atoms with van der Waals surface area (Å²) < 4.78 is 13.5. The van der Waals surface area contributed by atoms with Gasteiger partial charge in [-0.1, -0.05) is 11.6 Å². The summed E-state index contributed by atoms with van der Waals surface area (Å²) in [4.78, 5) is 10.3. The summed E-state index contributed by atoms with van der Waals surface area (Å²) in [7, 11) is 0. The van der Waals surface area contributed by atoms with Gasteiger partial charge in [0.1, 0.15) is 17.4 Å². The lowest BCUT2D eigenvalue weighted by atomic mass is 10.1. The Morgan fingerprint density at radius 1 is 1.38 bits per heavy atom. The molecule has 0 aromatic heterocycles. The summed E-state index contributed by atoms with van der Waals surface area (Å²) in [5.74, 6) is -0.511. The predicted octanol–water partition coefficient (Wildman–Crippen LogP) is 4.77. The summed E-state index contributed by atoms with van der Waals surface area (Å²) in [5.41, 5.74) is 0.360. The van der Waals surface area contributed by atoms with E-state index in [0.29, 0.717) is 15.8 Å². The second-order valence-electron chi connectivity index (χ2n) is 3.97. The lowest BCUT2D eigenvalue weighted by molar-refractivity contribution is -0.385. The van der Waals surface area contributed by atoms with Gasteiger partial charge >= 0.3 is 0 Å². The highest BCUT2D eigenvalue weighted by molar-refractivity contribution is 9.10. The normalized spacial score (nSPS) is 10.0. The van der Waals surface area contributed by atoms with E-state index < -0.39 is 10.7 Å². The number of nitrogens with one attached hydrogen (secondary N) is 1. The molecule has 5 nitrogen and oxygen atoms in total. The second-order valence-corrected chi connectivity index (χ2v) is 5.23. The molecule has 0 amide bonds. The lowest BCUT2D eigenvalue weighted by Gasteiger charge is -2.11. The van der Waals surface area contributed by atoms with Crippen LogP contribution in [0.15, 0.2) is 34.8 Å². The standard InChI is InChI=1S/C13H6BrClFN3O2/c14-10-3-8(16)4-11(15)13(10)18-9-2-1-7(6-17)12(5-9)19(20)21/h1-5,18H. The van der Waals surface area contributed by atoms with E-state index in [4.69, 9.17) is 16.9 Å². The molecule has 0 fully saturated rings. The number of nitrogens with zero attached hydrogens (tertiary/aromatic N) is 2. The van der Waals surface area contributed by atoms with E-state index in [0.717, 1.165) is 6.07 Å². The lowest BCUT2D eigenvalue weighted by Crippen LogP contribution is -1.97. The van der Waals surface area contributed by atoms with Gasteiger partial charge in [-0.05, 0) is 40.2 Å². The number of benzene rings is 2. The fourth-order valence-corrected chi connectivity index (χ4v) is 2.56. The van der Waals surface area contributed by atoms with Gasteiger partial charge < -0.3 is 5.32 Å². The molecular weight excluding hydrogens is 365 g/mol. The van der Waals surface area contributed by atoms with Crippen molar-refractivity contribution in [3.8, 4) is 6.07 Å². The van der Waals surface area contributed by atoms with Crippen LogP contribution in [0.2, 0.25) is 5.02 Å². The van der Waals surface area contributed by atoms with Crippen LogP contribution >= 0.6 is 27.5 Å². The molecule has 0 radical (unpaired) electrons. The molecule has 2 rings (SSSR count). The molecule has 0 aliphatic rings. The van der Waals surface area contributed by atoms with Gasteiger partial charge in [0, 0.05) is 16.2 Å². The summed E-state index contributed by atoms with van der Waals surface area (Å²) in [6.45, 7) is 0. The van der Waals surface area contributed by atoms with Gasteiger partial charge in [-0.3, -0.25) is 10.1 Å². The Hall–Kier alpha value is -2.17. The third-order valence-electron chi connectivity index (χ3n) is 2.59. The molecule has 0 atom stereocenters. The molecule has 0 aliphatic carbocycles. The van der Waals surface area contributed by atoms with Crippen molar-refractivity contribution in [2.75, 3.05) is 5.32 Å². The number of halogens is 3. The van der Waals surface area contributed by atoms with Gasteiger partial charge in [0.15, 0.2) is 0 Å². The van der Waals surface area contributed by atoms with Gasteiger partial charge in [-0.2, -0.15) is 5.26 Å². The predicted molar refractivity (Wildman–Crippen MR) is 80.2 cm³/mol. The van der Waals surface area contributed by atoms with Crippen LogP contribution in [0.25, 0.3) is 0 Å². The minimum absolute atomic E-state index is 0.0465. The first kappa shape index (κ1) is 15.2. The fraction of sp³-hybridized carbons (Fsp3) is 0. The first-order valence-electron chi connectivity index (χ1n) is 5.52. The third kappa shape index (κ3) is 3.29. The molecule has 0 spiro atoms. The van der Waals surface area contributed by atoms with Crippen molar-refractivity contribution in [2.24, 2.45) is 0 Å². The second kappa shape index (κ2) is 6.08. The summed E-state index contributed by atoms with van der Waals surface area (Å²) in [5, 5.41) is 22.7. The van der Waals surface area contributed by atoms with Crippen LogP contribution in [-0.4, -0.2) is 4.92 Å². The highest BCUT2D eigenvalue weighted by Crippen LogP contribution is 2.35. The number of nitro groups is 1. The molecule has 0 saturated carbocycles. The molecule has 106 valence electrons. The van der Waals surface area contributed by atoms with Gasteiger partial charge in [-0.25, -0.2) is 4.39 Å². The average Bonchev–Trinajstić information content (AvgIpc) is 2.42. The molecule has 0 heterocycles. The number of nitriles is 1. The van der Waals surface area contributed by atoms with Crippen LogP contribution < -0.4 is 5.32 Å². The molecule has 0 saturated heterocycles. The van der Waals surface area contributed by atoms with Gasteiger partial charge in [0.2, 0.25) is 0 Å². The molecular formula is C13H6BrClFN3O2. The first-order valence-corrected chi connectivity index (χ1v) is 6.69. The molecule has 0 bridgehead atoms. The van der Waals surface area contributed by atoms with Crippen LogP contribution in [0.5, 0.6) is 0 Å². The maximum atomic E-state index is 13.1. The van der Waals surface area contributed by atoms with Crippen molar-refractivity contribution >= 4 is 44.6 Å². The van der Waals surface area contributed by atoms with Gasteiger partial charge in [0.05, 0.1) is 15.6 Å². The number of nitro benzene ring substituents is 1. The summed E-state index contributed by atoms with van der Waals surface area (Å²) in [6, 6.07) is 8.11. The molecule has 1 N–H and O–H groups in total. The molecule has 2 aromatic rings. The zero-order valence-electron chi connectivity index (χ0n) is 10.2. The van der Waals surface area contributed by atoms with E-state index in [1.165, 1.54) is 24.3 Å². The number of hydrogen-bond acceptors (Lipinski definition) is 4. The highest BCUT2D eigenvalue weighted by atomic mass is 79.9. The Morgan fingerprint density at radius 3 is 2.67 bits per heavy atom. The highest BCUT2D eigenvalue weighted by Gasteiger charge is 2.15. The quantitative estimate of drug-likeness (QED) is 0.624. The minimum Gasteiger partial charge on any atom is -0.353 e. The molecule has 8 heteroatoms. The molecule has 0 unspecified atom stereocenters. The van der Waals surface area contributed by atoms with Crippen molar-refractivity contribution < 1.29 is 9.31 Å².